The smallest absolute Gasteiger partial charge is 0.260 e. The molecule has 410 valence electrons. The van der Waals surface area contributed by atoms with E-state index in [1.807, 2.05) is 42.6 Å². The predicted octanol–water partition coefficient (Wildman–Crippen LogP) is 7.18. The Morgan fingerprint density at radius 1 is 0.633 bits per heavy atom. The molecule has 0 bridgehead atoms. The van der Waals surface area contributed by atoms with Gasteiger partial charge in [0.05, 0.1) is 75.7 Å². The maximum Gasteiger partial charge on any atom is 0.260 e. The number of methoxy groups -OCH3 is 3. The molecule has 4 aromatic carbocycles. The summed E-state index contributed by atoms with van der Waals surface area (Å²) < 4.78 is 29.0. The van der Waals surface area contributed by atoms with Gasteiger partial charge in [-0.2, -0.15) is 0 Å². The lowest BCUT2D eigenvalue weighted by Crippen LogP contribution is -2.51. The normalized spacial score (nSPS) is 17.3. The lowest BCUT2D eigenvalue weighted by Gasteiger charge is -2.21. The number of rotatable bonds is 23. The monoisotopic (exact) mass is 1070 g/mol. The van der Waals surface area contributed by atoms with Gasteiger partial charge in [-0.3, -0.25) is 48.4 Å². The molecule has 4 aromatic rings. The van der Waals surface area contributed by atoms with Crippen LogP contribution in [0.2, 0.25) is 0 Å². The number of amides is 7. The van der Waals surface area contributed by atoms with Crippen molar-refractivity contribution in [3.8, 4) is 28.7 Å². The van der Waals surface area contributed by atoms with Crippen LogP contribution in [-0.4, -0.2) is 134 Å². The van der Waals surface area contributed by atoms with Gasteiger partial charge >= 0.3 is 0 Å². The van der Waals surface area contributed by atoms with Crippen LogP contribution in [-0.2, 0) is 24.0 Å². The highest BCUT2D eigenvalue weighted by Gasteiger charge is 2.36. The Kier molecular flexibility index (Phi) is 17.0. The minimum absolute atomic E-state index is 0.167. The molecule has 0 saturated carbocycles. The highest BCUT2D eigenvalue weighted by atomic mass is 16.5. The molecule has 5 heterocycles. The molecule has 0 spiro atoms. The second-order valence-corrected chi connectivity index (χ2v) is 19.8. The van der Waals surface area contributed by atoms with Crippen LogP contribution >= 0.6 is 0 Å². The molecule has 0 aromatic heterocycles. The largest absolute Gasteiger partial charge is 0.497 e. The van der Waals surface area contributed by atoms with Crippen molar-refractivity contribution in [2.45, 2.75) is 76.9 Å². The summed E-state index contributed by atoms with van der Waals surface area (Å²) in [6.07, 6.45) is 13.1. The zero-order chi connectivity index (χ0) is 55.7. The van der Waals surface area contributed by atoms with E-state index in [0.29, 0.717) is 89.7 Å². The lowest BCUT2D eigenvalue weighted by atomic mass is 10.0. The van der Waals surface area contributed by atoms with Gasteiger partial charge in [-0.05, 0) is 77.4 Å². The van der Waals surface area contributed by atoms with Gasteiger partial charge in [0, 0.05) is 87.0 Å². The van der Waals surface area contributed by atoms with Crippen LogP contribution in [0.15, 0.2) is 107 Å². The number of aliphatic imine (C=N–C) groups is 2. The summed E-state index contributed by atoms with van der Waals surface area (Å²) in [7, 11) is 4.65. The third-order valence-corrected chi connectivity index (χ3v) is 14.1. The summed E-state index contributed by atoms with van der Waals surface area (Å²) in [5, 5.41) is 8.17. The van der Waals surface area contributed by atoms with Gasteiger partial charge in [-0.25, -0.2) is 0 Å². The van der Waals surface area contributed by atoms with Gasteiger partial charge in [0.1, 0.15) is 11.8 Å². The minimum atomic E-state index is -0.854. The average molecular weight is 1080 g/mol. The highest BCUT2D eigenvalue weighted by Crippen LogP contribution is 2.42. The van der Waals surface area contributed by atoms with E-state index in [2.05, 4.69) is 16.0 Å². The summed E-state index contributed by atoms with van der Waals surface area (Å²) in [5.74, 6) is -0.254. The molecule has 0 saturated heterocycles. The number of carbonyl (C=O) groups excluding carboxylic acids is 7. The van der Waals surface area contributed by atoms with Crippen LogP contribution in [0.25, 0.3) is 11.1 Å². The molecule has 0 radical (unpaired) electrons. The highest BCUT2D eigenvalue weighted by molar-refractivity contribution is 6.13. The fourth-order valence-electron chi connectivity index (χ4n) is 9.79. The molecule has 0 fully saturated rings. The zero-order valence-electron chi connectivity index (χ0n) is 44.6. The summed E-state index contributed by atoms with van der Waals surface area (Å²) in [6.45, 7) is 4.06. The van der Waals surface area contributed by atoms with Crippen LogP contribution in [0.5, 0.6) is 28.7 Å². The number of carbonyl (C=O) groups is 7. The molecule has 20 nitrogen and oxygen atoms in total. The van der Waals surface area contributed by atoms with Crippen molar-refractivity contribution in [1.82, 2.24) is 25.3 Å². The van der Waals surface area contributed by atoms with Crippen molar-refractivity contribution in [3.05, 3.63) is 120 Å². The number of unbranched alkanes of at least 4 members (excludes halogenated alkanes) is 2. The fourth-order valence-corrected chi connectivity index (χ4v) is 9.79. The number of anilines is 1. The van der Waals surface area contributed by atoms with Crippen molar-refractivity contribution >= 4 is 82.0 Å². The molecule has 9 rings (SSSR count). The second-order valence-electron chi connectivity index (χ2n) is 19.8. The van der Waals surface area contributed by atoms with E-state index in [1.54, 1.807) is 85.8 Å². The molecule has 7 amide bonds. The van der Waals surface area contributed by atoms with E-state index in [9.17, 15) is 33.6 Å². The number of hydrogen-bond donors (Lipinski definition) is 3. The molecule has 0 aliphatic carbocycles. The number of fused-ring (bicyclic) bond motifs is 4. The van der Waals surface area contributed by atoms with Gasteiger partial charge in [0.2, 0.25) is 17.7 Å². The first kappa shape index (κ1) is 54.7. The third-order valence-electron chi connectivity index (χ3n) is 14.1. The molecule has 3 unspecified atom stereocenters. The quantitative estimate of drug-likeness (QED) is 0.0495. The number of imide groups is 1. The summed E-state index contributed by atoms with van der Waals surface area (Å²) in [5.41, 5.74) is 5.95. The number of benzene rings is 4. The zero-order valence-corrected chi connectivity index (χ0v) is 44.6. The van der Waals surface area contributed by atoms with Gasteiger partial charge in [0.15, 0.2) is 23.0 Å². The molecule has 79 heavy (non-hydrogen) atoms. The van der Waals surface area contributed by atoms with Gasteiger partial charge in [-0.15, -0.1) is 0 Å². The Labute approximate surface area is 457 Å². The lowest BCUT2D eigenvalue weighted by molar-refractivity contribution is -0.137. The molecule has 5 aliphatic heterocycles. The maximum absolute atomic E-state index is 14.1. The Balaban J connectivity index is 0.731. The van der Waals surface area contributed by atoms with E-state index in [-0.39, 0.29) is 80.3 Å². The van der Waals surface area contributed by atoms with Gasteiger partial charge in [-0.1, -0.05) is 44.5 Å². The SMILES string of the molecule is COc1ccc(C2=CN3C(=O)c4cc(OC)c(OCCCOc5cc6c(cc5OC)C(=O)N5C=C(c7ccc(NC(=O)CNC(=O)C(NC(=O)CCCCCN8C(=O)C=CC8=O)C(C)C)cc7)CC5C=N6)cc4N=CC3C2)cc1. The van der Waals surface area contributed by atoms with Gasteiger partial charge in [0.25, 0.3) is 23.6 Å². The third kappa shape index (κ3) is 12.5. The predicted molar refractivity (Wildman–Crippen MR) is 295 cm³/mol. The number of ether oxygens (including phenoxy) is 5. The van der Waals surface area contributed by atoms with E-state index < -0.39 is 17.9 Å². The number of nitrogens with zero attached hydrogens (tertiary/aromatic N) is 5. The average Bonchev–Trinajstić information content (AvgIpc) is 4.37. The van der Waals surface area contributed by atoms with Gasteiger partial charge < -0.3 is 49.4 Å². The summed E-state index contributed by atoms with van der Waals surface area (Å²) in [4.78, 5) is 104. The van der Waals surface area contributed by atoms with E-state index in [1.165, 1.54) is 26.4 Å². The molecular formula is C59H62N8O12. The van der Waals surface area contributed by atoms with Crippen LogP contribution in [0.4, 0.5) is 17.1 Å². The van der Waals surface area contributed by atoms with Crippen molar-refractivity contribution in [2.75, 3.05) is 52.9 Å². The Bertz CT molecular complexity index is 3180. The van der Waals surface area contributed by atoms with E-state index in [0.717, 1.165) is 32.9 Å². The second kappa shape index (κ2) is 24.5. The molecule has 20 heteroatoms. The standard InChI is InChI=1S/C59H62N8O12/c1-35(2)56(64-52(68)10-7-6-8-21-65-54(70)19-20-55(65)71)57(72)62-32-53(69)63-40-15-11-36(12-16-40)38-24-41-30-60-46-28-50(48(76-4)26-44(46)58(73)66(41)33-38)78-22-9-23-79-51-29-47-45(27-49(51)77-5)59(74)67-34-39(25-42(67)31-61-47)37-13-17-43(75-3)18-14-37/h11-20,26-31,33-35,41-42,56H,6-10,21-25,32H2,1-5H3,(H,62,72)(H,63,69)(H,64,68). The molecule has 3 atom stereocenters. The minimum Gasteiger partial charge on any atom is -0.497 e. The summed E-state index contributed by atoms with van der Waals surface area (Å²) >= 11 is 0. The van der Waals surface area contributed by atoms with Crippen LogP contribution in [0.1, 0.15) is 90.6 Å². The van der Waals surface area contributed by atoms with Crippen molar-refractivity contribution in [1.29, 1.82) is 0 Å². The van der Waals surface area contributed by atoms with Crippen LogP contribution in [0.3, 0.4) is 0 Å². The molecule has 5 aliphatic rings. The number of nitrogens with one attached hydrogen (secondary N) is 3. The van der Waals surface area contributed by atoms with E-state index in [4.69, 9.17) is 33.7 Å². The van der Waals surface area contributed by atoms with Crippen molar-refractivity contribution in [3.63, 3.8) is 0 Å². The van der Waals surface area contributed by atoms with Crippen LogP contribution < -0.4 is 39.6 Å². The van der Waals surface area contributed by atoms with Crippen LogP contribution in [0, 0.1) is 5.92 Å². The first-order valence-corrected chi connectivity index (χ1v) is 26.2. The molecule has 3 N–H and O–H groups in total. The van der Waals surface area contributed by atoms with Crippen molar-refractivity contribution < 1.29 is 57.2 Å². The Hall–Kier alpha value is -9.07. The fraction of sp³-hybridized carbons (Fsp3) is 0.339. The maximum atomic E-state index is 14.1. The number of hydrogen-bond acceptors (Lipinski definition) is 14. The Morgan fingerprint density at radius 3 is 1.67 bits per heavy atom. The summed E-state index contributed by atoms with van der Waals surface area (Å²) in [6, 6.07) is 20.2. The van der Waals surface area contributed by atoms with E-state index >= 15 is 0 Å². The first-order chi connectivity index (χ1) is 38.2. The first-order valence-electron chi connectivity index (χ1n) is 26.2. The molecular weight excluding hydrogens is 1010 g/mol. The topological polar surface area (TPSA) is 236 Å². The Morgan fingerprint density at radius 2 is 1.16 bits per heavy atom. The van der Waals surface area contributed by atoms with Crippen molar-refractivity contribution in [2.24, 2.45) is 15.9 Å².